The van der Waals surface area contributed by atoms with Crippen LogP contribution in [0.2, 0.25) is 0 Å². The van der Waals surface area contributed by atoms with Crippen LogP contribution in [0.4, 0.5) is 0 Å². The molecule has 0 saturated heterocycles. The predicted octanol–water partition coefficient (Wildman–Crippen LogP) is 5.95. The molecule has 3 aromatic carbocycles. The maximum absolute atomic E-state index is 12.6. The van der Waals surface area contributed by atoms with Crippen molar-refractivity contribution in [3.63, 3.8) is 0 Å². The fourth-order valence-corrected chi connectivity index (χ4v) is 3.86. The van der Waals surface area contributed by atoms with Crippen LogP contribution >= 0.6 is 0 Å². The standard InChI is InChI=1S/C27H31NO3/c1-4-31-27(29)19-26(24-15-17-25(30-3)18-16-24)28(20-22-11-7-5-8-12-22)21(2)23-13-9-6-10-14-23/h5-18,21,26H,4,19-20H2,1-3H3/t21?,26-/m0/s1. The van der Waals surface area contributed by atoms with Gasteiger partial charge in [0.05, 0.1) is 20.1 Å². The quantitative estimate of drug-likeness (QED) is 0.382. The summed E-state index contributed by atoms with van der Waals surface area (Å²) in [6, 6.07) is 28.7. The number of hydrogen-bond acceptors (Lipinski definition) is 4. The van der Waals surface area contributed by atoms with Gasteiger partial charge in [-0.3, -0.25) is 9.69 Å². The first-order valence-electron chi connectivity index (χ1n) is 10.8. The first-order chi connectivity index (χ1) is 15.1. The molecule has 0 amide bonds. The molecule has 0 saturated carbocycles. The summed E-state index contributed by atoms with van der Waals surface area (Å²) in [5, 5.41) is 0. The summed E-state index contributed by atoms with van der Waals surface area (Å²) >= 11 is 0. The minimum atomic E-state index is -0.193. The van der Waals surface area contributed by atoms with Crippen molar-refractivity contribution in [1.29, 1.82) is 0 Å². The van der Waals surface area contributed by atoms with E-state index >= 15 is 0 Å². The second kappa shape index (κ2) is 11.3. The molecule has 0 aliphatic carbocycles. The fraction of sp³-hybridized carbons (Fsp3) is 0.296. The van der Waals surface area contributed by atoms with Crippen LogP contribution in [0.25, 0.3) is 0 Å². The molecule has 1 unspecified atom stereocenters. The van der Waals surface area contributed by atoms with E-state index < -0.39 is 0 Å². The minimum Gasteiger partial charge on any atom is -0.497 e. The van der Waals surface area contributed by atoms with Crippen molar-refractivity contribution in [2.45, 2.75) is 38.9 Å². The lowest BCUT2D eigenvalue weighted by Crippen LogP contribution is -2.33. The lowest BCUT2D eigenvalue weighted by atomic mass is 9.96. The molecule has 0 fully saturated rings. The van der Waals surface area contributed by atoms with Crippen LogP contribution in [-0.2, 0) is 16.1 Å². The number of ether oxygens (including phenoxy) is 2. The zero-order valence-electron chi connectivity index (χ0n) is 18.5. The van der Waals surface area contributed by atoms with Crippen molar-refractivity contribution < 1.29 is 14.3 Å². The average Bonchev–Trinajstić information content (AvgIpc) is 2.82. The molecular formula is C27H31NO3. The minimum absolute atomic E-state index is 0.0999. The van der Waals surface area contributed by atoms with Crippen LogP contribution in [0.15, 0.2) is 84.9 Å². The van der Waals surface area contributed by atoms with Gasteiger partial charge in [-0.1, -0.05) is 72.8 Å². The Labute approximate surface area is 185 Å². The van der Waals surface area contributed by atoms with Gasteiger partial charge in [0, 0.05) is 18.6 Å². The molecule has 0 heterocycles. The molecule has 0 aliphatic rings. The second-order valence-electron chi connectivity index (χ2n) is 7.54. The number of nitrogens with zero attached hydrogens (tertiary/aromatic N) is 1. The first-order valence-corrected chi connectivity index (χ1v) is 10.8. The number of carbonyl (C=O) groups excluding carboxylic acids is 1. The van der Waals surface area contributed by atoms with Gasteiger partial charge in [-0.2, -0.15) is 0 Å². The predicted molar refractivity (Wildman–Crippen MR) is 124 cm³/mol. The van der Waals surface area contributed by atoms with E-state index in [2.05, 4.69) is 60.4 Å². The van der Waals surface area contributed by atoms with Gasteiger partial charge < -0.3 is 9.47 Å². The van der Waals surface area contributed by atoms with E-state index in [1.807, 2.05) is 43.3 Å². The molecule has 162 valence electrons. The van der Waals surface area contributed by atoms with E-state index in [4.69, 9.17) is 9.47 Å². The molecule has 0 radical (unpaired) electrons. The van der Waals surface area contributed by atoms with Crippen LogP contribution in [-0.4, -0.2) is 24.6 Å². The maximum Gasteiger partial charge on any atom is 0.307 e. The lowest BCUT2D eigenvalue weighted by molar-refractivity contribution is -0.145. The number of methoxy groups -OCH3 is 1. The first kappa shape index (κ1) is 22.6. The number of esters is 1. The molecule has 0 aromatic heterocycles. The van der Waals surface area contributed by atoms with E-state index in [9.17, 15) is 4.79 Å². The van der Waals surface area contributed by atoms with Crippen molar-refractivity contribution in [3.05, 3.63) is 102 Å². The van der Waals surface area contributed by atoms with Gasteiger partial charge in [-0.05, 0) is 42.7 Å². The van der Waals surface area contributed by atoms with Gasteiger partial charge in [0.2, 0.25) is 0 Å². The van der Waals surface area contributed by atoms with Crippen molar-refractivity contribution in [2.24, 2.45) is 0 Å². The summed E-state index contributed by atoms with van der Waals surface area (Å²) in [5.74, 6) is 0.603. The molecule has 0 spiro atoms. The number of hydrogen-bond donors (Lipinski definition) is 0. The van der Waals surface area contributed by atoms with Gasteiger partial charge in [-0.15, -0.1) is 0 Å². The molecular weight excluding hydrogens is 386 g/mol. The van der Waals surface area contributed by atoms with Crippen LogP contribution in [0, 0.1) is 0 Å². The zero-order valence-corrected chi connectivity index (χ0v) is 18.5. The van der Waals surface area contributed by atoms with Crippen LogP contribution in [0.5, 0.6) is 5.75 Å². The van der Waals surface area contributed by atoms with E-state index in [-0.39, 0.29) is 24.5 Å². The van der Waals surface area contributed by atoms with E-state index in [1.165, 1.54) is 11.1 Å². The topological polar surface area (TPSA) is 38.8 Å². The molecule has 2 atom stereocenters. The summed E-state index contributed by atoms with van der Waals surface area (Å²) in [6.45, 7) is 5.13. The summed E-state index contributed by atoms with van der Waals surface area (Å²) in [7, 11) is 1.66. The van der Waals surface area contributed by atoms with Crippen molar-refractivity contribution >= 4 is 5.97 Å². The summed E-state index contributed by atoms with van der Waals surface area (Å²) in [6.07, 6.45) is 0.282. The maximum atomic E-state index is 12.6. The molecule has 31 heavy (non-hydrogen) atoms. The second-order valence-corrected chi connectivity index (χ2v) is 7.54. The van der Waals surface area contributed by atoms with E-state index in [0.717, 1.165) is 11.3 Å². The van der Waals surface area contributed by atoms with Gasteiger partial charge in [-0.25, -0.2) is 0 Å². The number of rotatable bonds is 10. The van der Waals surface area contributed by atoms with Crippen molar-refractivity contribution in [1.82, 2.24) is 4.90 Å². The fourth-order valence-electron chi connectivity index (χ4n) is 3.86. The Morgan fingerprint density at radius 3 is 2.06 bits per heavy atom. The third-order valence-corrected chi connectivity index (χ3v) is 5.55. The van der Waals surface area contributed by atoms with Gasteiger partial charge in [0.15, 0.2) is 0 Å². The highest BCUT2D eigenvalue weighted by molar-refractivity contribution is 5.70. The highest BCUT2D eigenvalue weighted by atomic mass is 16.5. The Morgan fingerprint density at radius 2 is 1.48 bits per heavy atom. The summed E-state index contributed by atoms with van der Waals surface area (Å²) < 4.78 is 10.7. The van der Waals surface area contributed by atoms with E-state index in [0.29, 0.717) is 13.2 Å². The Hall–Kier alpha value is -3.11. The van der Waals surface area contributed by atoms with Crippen molar-refractivity contribution in [3.8, 4) is 5.75 Å². The van der Waals surface area contributed by atoms with Crippen LogP contribution in [0.1, 0.15) is 49.0 Å². The van der Waals surface area contributed by atoms with E-state index in [1.54, 1.807) is 7.11 Å². The monoisotopic (exact) mass is 417 g/mol. The van der Waals surface area contributed by atoms with Gasteiger partial charge >= 0.3 is 5.97 Å². The molecule has 0 bridgehead atoms. The third-order valence-electron chi connectivity index (χ3n) is 5.55. The average molecular weight is 418 g/mol. The molecule has 3 aromatic rings. The van der Waals surface area contributed by atoms with Gasteiger partial charge in [0.1, 0.15) is 5.75 Å². The normalized spacial score (nSPS) is 12.9. The Balaban J connectivity index is 2.02. The Morgan fingerprint density at radius 1 is 0.871 bits per heavy atom. The Bertz CT molecular complexity index is 926. The smallest absolute Gasteiger partial charge is 0.307 e. The number of carbonyl (C=O) groups is 1. The largest absolute Gasteiger partial charge is 0.497 e. The highest BCUT2D eigenvalue weighted by Crippen LogP contribution is 2.35. The van der Waals surface area contributed by atoms with Gasteiger partial charge in [0.25, 0.3) is 0 Å². The molecule has 0 aliphatic heterocycles. The highest BCUT2D eigenvalue weighted by Gasteiger charge is 2.29. The molecule has 4 heteroatoms. The zero-order chi connectivity index (χ0) is 22.1. The SMILES string of the molecule is CCOC(=O)C[C@@H](c1ccc(OC)cc1)N(Cc1ccccc1)C(C)c1ccccc1. The molecule has 0 N–H and O–H groups in total. The summed E-state index contributed by atoms with van der Waals surface area (Å²) in [5.41, 5.74) is 3.47. The summed E-state index contributed by atoms with van der Waals surface area (Å²) in [4.78, 5) is 15.0. The van der Waals surface area contributed by atoms with Crippen LogP contribution in [0.3, 0.4) is 0 Å². The lowest BCUT2D eigenvalue weighted by Gasteiger charge is -2.37. The van der Waals surface area contributed by atoms with Crippen molar-refractivity contribution in [2.75, 3.05) is 13.7 Å². The van der Waals surface area contributed by atoms with Crippen LogP contribution < -0.4 is 4.74 Å². The molecule has 3 rings (SSSR count). The molecule has 4 nitrogen and oxygen atoms in total. The number of benzene rings is 3. The third kappa shape index (κ3) is 6.19. The Kier molecular flexibility index (Phi) is 8.25.